The van der Waals surface area contributed by atoms with Crippen molar-refractivity contribution in [3.05, 3.63) is 82.9 Å². The smallest absolute Gasteiger partial charge is 0.338 e. The van der Waals surface area contributed by atoms with Gasteiger partial charge >= 0.3 is 5.97 Å². The van der Waals surface area contributed by atoms with Crippen LogP contribution in [0.3, 0.4) is 0 Å². The fourth-order valence-electron chi connectivity index (χ4n) is 4.61. The van der Waals surface area contributed by atoms with Crippen molar-refractivity contribution in [2.24, 2.45) is 0 Å². The zero-order chi connectivity index (χ0) is 29.1. The number of likely N-dealkylation sites (N-methyl/N-ethyl adjacent to an activating group) is 2. The molecule has 0 radical (unpaired) electrons. The molecule has 2 aliphatic rings. The first-order chi connectivity index (χ1) is 19.7. The lowest BCUT2D eigenvalue weighted by Crippen LogP contribution is -2.33. The van der Waals surface area contributed by atoms with Crippen LogP contribution in [0.2, 0.25) is 0 Å². The Hall–Kier alpha value is -4.83. The maximum absolute atomic E-state index is 13.4. The van der Waals surface area contributed by atoms with Crippen LogP contribution >= 0.6 is 0 Å². The van der Waals surface area contributed by atoms with Gasteiger partial charge in [0.1, 0.15) is 0 Å². The number of carbonyl (C=O) groups is 3. The monoisotopic (exact) mass is 556 g/mol. The van der Waals surface area contributed by atoms with E-state index in [0.717, 1.165) is 6.54 Å². The van der Waals surface area contributed by atoms with Gasteiger partial charge in [0.05, 0.1) is 29.1 Å². The molecule has 5 rings (SSSR count). The quantitative estimate of drug-likeness (QED) is 0.299. The van der Waals surface area contributed by atoms with Gasteiger partial charge in [0.25, 0.3) is 11.8 Å². The molecule has 10 nitrogen and oxygen atoms in total. The lowest BCUT2D eigenvalue weighted by Gasteiger charge is -2.20. The first-order valence-corrected chi connectivity index (χ1v) is 13.3. The van der Waals surface area contributed by atoms with Gasteiger partial charge in [0.15, 0.2) is 11.5 Å². The lowest BCUT2D eigenvalue weighted by atomic mass is 9.98. The fraction of sp³-hybridized carbons (Fsp3) is 0.258. The van der Waals surface area contributed by atoms with Crippen LogP contribution in [-0.2, 0) is 9.53 Å². The van der Waals surface area contributed by atoms with Gasteiger partial charge in [-0.2, -0.15) is 0 Å². The minimum Gasteiger partial charge on any atom is -0.462 e. The van der Waals surface area contributed by atoms with Crippen LogP contribution in [0, 0.1) is 0 Å². The molecule has 0 saturated heterocycles. The van der Waals surface area contributed by atoms with E-state index in [2.05, 4.69) is 10.6 Å². The van der Waals surface area contributed by atoms with Gasteiger partial charge < -0.3 is 34.6 Å². The van der Waals surface area contributed by atoms with E-state index in [1.807, 2.05) is 31.1 Å². The molecule has 2 aliphatic heterocycles. The normalized spacial score (nSPS) is 14.4. The Kier molecular flexibility index (Phi) is 7.93. The van der Waals surface area contributed by atoms with E-state index >= 15 is 0 Å². The second kappa shape index (κ2) is 11.7. The van der Waals surface area contributed by atoms with Crippen molar-refractivity contribution < 1.29 is 28.6 Å². The van der Waals surface area contributed by atoms with Crippen molar-refractivity contribution in [1.29, 1.82) is 0 Å². The number of carbonyl (C=O) groups excluding carboxylic acids is 3. The number of rotatable bonds is 9. The summed E-state index contributed by atoms with van der Waals surface area (Å²) in [6.45, 7) is 3.49. The van der Waals surface area contributed by atoms with Gasteiger partial charge in [-0.15, -0.1) is 0 Å². The third-order valence-electron chi connectivity index (χ3n) is 6.82. The van der Waals surface area contributed by atoms with Crippen molar-refractivity contribution in [3.63, 3.8) is 0 Å². The molecule has 212 valence electrons. The summed E-state index contributed by atoms with van der Waals surface area (Å²) in [7, 11) is 5.71. The van der Waals surface area contributed by atoms with E-state index in [4.69, 9.17) is 14.2 Å². The Labute approximate surface area is 238 Å². The number of nitrogens with one attached hydrogen (secondary N) is 2. The van der Waals surface area contributed by atoms with E-state index in [9.17, 15) is 14.4 Å². The average Bonchev–Trinajstić information content (AvgIpc) is 3.57. The summed E-state index contributed by atoms with van der Waals surface area (Å²) >= 11 is 0. The lowest BCUT2D eigenvalue weighted by molar-refractivity contribution is -0.110. The Balaban J connectivity index is 1.50. The molecule has 0 aromatic heterocycles. The number of esters is 1. The highest BCUT2D eigenvalue weighted by atomic mass is 16.7. The third kappa shape index (κ3) is 5.87. The zero-order valence-electron chi connectivity index (χ0n) is 23.4. The van der Waals surface area contributed by atoms with Gasteiger partial charge in [-0.25, -0.2) is 4.79 Å². The van der Waals surface area contributed by atoms with E-state index in [0.29, 0.717) is 62.9 Å². The Bertz CT molecular complexity index is 1530. The van der Waals surface area contributed by atoms with Crippen molar-refractivity contribution in [2.75, 3.05) is 58.3 Å². The van der Waals surface area contributed by atoms with Crippen molar-refractivity contribution in [3.8, 4) is 11.5 Å². The van der Waals surface area contributed by atoms with Crippen molar-refractivity contribution >= 4 is 40.4 Å². The van der Waals surface area contributed by atoms with Gasteiger partial charge in [-0.1, -0.05) is 6.07 Å². The van der Waals surface area contributed by atoms with E-state index in [1.165, 1.54) is 0 Å². The van der Waals surface area contributed by atoms with Gasteiger partial charge in [-0.05, 0) is 75.6 Å². The van der Waals surface area contributed by atoms with E-state index in [1.54, 1.807) is 67.4 Å². The number of amides is 2. The second-order valence-electron chi connectivity index (χ2n) is 9.99. The molecule has 0 fully saturated rings. The fourth-order valence-corrected chi connectivity index (χ4v) is 4.61. The number of nitrogens with zero attached hydrogens (tertiary/aromatic N) is 2. The molecule has 2 N–H and O–H groups in total. The molecule has 3 aromatic carbocycles. The number of hydrogen-bond acceptors (Lipinski definition) is 8. The topological polar surface area (TPSA) is 109 Å². The van der Waals surface area contributed by atoms with E-state index < -0.39 is 5.97 Å². The molecule has 0 spiro atoms. The maximum Gasteiger partial charge on any atom is 0.338 e. The molecule has 0 unspecified atom stereocenters. The molecule has 0 atom stereocenters. The van der Waals surface area contributed by atoms with Crippen LogP contribution in [0.15, 0.2) is 60.7 Å². The molecule has 41 heavy (non-hydrogen) atoms. The molecule has 2 amide bonds. The largest absolute Gasteiger partial charge is 0.462 e. The molecule has 0 aliphatic carbocycles. The third-order valence-corrected chi connectivity index (χ3v) is 6.82. The second-order valence-corrected chi connectivity index (χ2v) is 9.99. The Morgan fingerprint density at radius 1 is 0.902 bits per heavy atom. The molecule has 2 heterocycles. The van der Waals surface area contributed by atoms with Crippen LogP contribution in [0.1, 0.15) is 38.8 Å². The van der Waals surface area contributed by atoms with Gasteiger partial charge in [0.2, 0.25) is 6.79 Å². The van der Waals surface area contributed by atoms with Crippen LogP contribution in [-0.4, -0.2) is 75.2 Å². The minimum atomic E-state index is -0.460. The minimum absolute atomic E-state index is 0.0748. The summed E-state index contributed by atoms with van der Waals surface area (Å²) in [5.74, 6) is 0.331. The van der Waals surface area contributed by atoms with Crippen LogP contribution < -0.4 is 20.1 Å². The number of hydrogen-bond donors (Lipinski definition) is 2. The standard InChI is InChI=1S/C31H32N4O6/c1-5-39-31(38)21-8-12-23-24(16-21)33-29(36)27(23)28(20-9-13-25-26(17-20)41-18-40-25)32-22-10-6-19(7-11-22)30(37)35(4)15-14-34(2)3/h6-13,16-17,32H,5,14-15,18H2,1-4H3,(H,33,36)/b28-27-. The summed E-state index contributed by atoms with van der Waals surface area (Å²) in [5.41, 5.74) is 4.37. The summed E-state index contributed by atoms with van der Waals surface area (Å²) in [5, 5.41) is 6.27. The summed E-state index contributed by atoms with van der Waals surface area (Å²) in [6.07, 6.45) is 0. The average molecular weight is 557 g/mol. The summed E-state index contributed by atoms with van der Waals surface area (Å²) in [4.78, 5) is 42.3. The highest BCUT2D eigenvalue weighted by Crippen LogP contribution is 2.41. The van der Waals surface area contributed by atoms with Crippen LogP contribution in [0.4, 0.5) is 11.4 Å². The number of anilines is 2. The molecular formula is C31H32N4O6. The highest BCUT2D eigenvalue weighted by Gasteiger charge is 2.30. The van der Waals surface area contributed by atoms with Crippen LogP contribution in [0.25, 0.3) is 11.3 Å². The molecule has 0 bridgehead atoms. The molecule has 10 heteroatoms. The molecule has 3 aromatic rings. The predicted octanol–water partition coefficient (Wildman–Crippen LogP) is 4.16. The highest BCUT2D eigenvalue weighted by molar-refractivity contribution is 6.37. The Morgan fingerprint density at radius 2 is 1.61 bits per heavy atom. The number of benzene rings is 3. The van der Waals surface area contributed by atoms with Crippen LogP contribution in [0.5, 0.6) is 11.5 Å². The van der Waals surface area contributed by atoms with Gasteiger partial charge in [-0.3, -0.25) is 9.59 Å². The SMILES string of the molecule is CCOC(=O)c1ccc2c(c1)NC(=O)/C2=C(\Nc1ccc(C(=O)N(C)CCN(C)C)cc1)c1ccc2c(c1)OCO2. The van der Waals surface area contributed by atoms with Gasteiger partial charge in [0, 0.05) is 42.5 Å². The summed E-state index contributed by atoms with van der Waals surface area (Å²) in [6, 6.07) is 17.6. The predicted molar refractivity (Wildman–Crippen MR) is 156 cm³/mol. The summed E-state index contributed by atoms with van der Waals surface area (Å²) < 4.78 is 16.2. The zero-order valence-corrected chi connectivity index (χ0v) is 23.4. The van der Waals surface area contributed by atoms with Crippen molar-refractivity contribution in [2.45, 2.75) is 6.92 Å². The Morgan fingerprint density at radius 3 is 2.34 bits per heavy atom. The first kappa shape index (κ1) is 27.7. The maximum atomic E-state index is 13.4. The molecular weight excluding hydrogens is 524 g/mol. The number of fused-ring (bicyclic) bond motifs is 2. The number of ether oxygens (including phenoxy) is 3. The molecule has 0 saturated carbocycles. The first-order valence-electron chi connectivity index (χ1n) is 13.3. The van der Waals surface area contributed by atoms with Crippen molar-refractivity contribution in [1.82, 2.24) is 9.80 Å². The van der Waals surface area contributed by atoms with E-state index in [-0.39, 0.29) is 25.2 Å².